The number of nitrogens with zero attached hydrogens (tertiary/aromatic N) is 4. The summed E-state index contributed by atoms with van der Waals surface area (Å²) < 4.78 is 0. The lowest BCUT2D eigenvalue weighted by Gasteiger charge is -2.29. The van der Waals surface area contributed by atoms with Crippen molar-refractivity contribution in [1.82, 2.24) is 40.4 Å². The van der Waals surface area contributed by atoms with Crippen molar-refractivity contribution in [2.24, 2.45) is 11.8 Å². The van der Waals surface area contributed by atoms with Crippen molar-refractivity contribution in [3.05, 3.63) is 72.6 Å². The van der Waals surface area contributed by atoms with E-state index >= 15 is 0 Å². The number of H-pyrrole nitrogens is 2. The van der Waals surface area contributed by atoms with Gasteiger partial charge in [-0.25, -0.2) is 19.6 Å². The van der Waals surface area contributed by atoms with E-state index in [0.29, 0.717) is 24.7 Å². The molecular weight excluding hydrogens is 664 g/mol. The molecule has 2 saturated heterocycles. The summed E-state index contributed by atoms with van der Waals surface area (Å²) in [6.45, 7) is 8.40. The first kappa shape index (κ1) is 36.1. The highest BCUT2D eigenvalue weighted by molar-refractivity contribution is 5.87. The maximum absolute atomic E-state index is 13.3. The van der Waals surface area contributed by atoms with E-state index in [0.717, 1.165) is 59.3 Å². The van der Waals surface area contributed by atoms with Crippen molar-refractivity contribution >= 4 is 24.0 Å². The fourth-order valence-corrected chi connectivity index (χ4v) is 7.27. The number of imidazole rings is 2. The monoisotopic (exact) mass is 710 g/mol. The zero-order valence-electron chi connectivity index (χ0n) is 29.8. The van der Waals surface area contributed by atoms with Crippen LogP contribution in [-0.4, -0.2) is 89.1 Å². The number of aromatic nitrogens is 4. The molecule has 2 aliphatic heterocycles. The number of aromatic amines is 2. The molecule has 0 bridgehead atoms. The van der Waals surface area contributed by atoms with E-state index in [-0.39, 0.29) is 35.7 Å². The Balaban J connectivity index is 1.11. The molecule has 4 aromatic rings. The van der Waals surface area contributed by atoms with Crippen LogP contribution >= 0.6 is 0 Å². The Morgan fingerprint density at radius 3 is 1.31 bits per heavy atom. The minimum atomic E-state index is -1.22. The first-order chi connectivity index (χ1) is 24.9. The molecule has 274 valence electrons. The topological polar surface area (TPSA) is 197 Å². The Kier molecular flexibility index (Phi) is 10.6. The van der Waals surface area contributed by atoms with Crippen molar-refractivity contribution in [2.45, 2.75) is 77.5 Å². The Hall–Kier alpha value is -5.66. The van der Waals surface area contributed by atoms with Crippen LogP contribution in [0.4, 0.5) is 9.59 Å². The quantitative estimate of drug-likeness (QED) is 0.108. The zero-order chi connectivity index (χ0) is 37.1. The number of carbonyl (C=O) groups excluding carboxylic acids is 2. The largest absolute Gasteiger partial charge is 0.465 e. The second kappa shape index (κ2) is 15.3. The van der Waals surface area contributed by atoms with Gasteiger partial charge in [-0.05, 0) is 59.8 Å². The fourth-order valence-electron chi connectivity index (χ4n) is 7.27. The molecule has 6 N–H and O–H groups in total. The number of likely N-dealkylation sites (tertiary alicyclic amines) is 2. The second-order valence-electron chi connectivity index (χ2n) is 14.2. The highest BCUT2D eigenvalue weighted by Gasteiger charge is 2.38. The molecule has 0 saturated carbocycles. The molecular formula is C38H46N8O6. The van der Waals surface area contributed by atoms with Crippen molar-refractivity contribution in [3.63, 3.8) is 0 Å². The summed E-state index contributed by atoms with van der Waals surface area (Å²) >= 11 is 0. The molecule has 52 heavy (non-hydrogen) atoms. The summed E-state index contributed by atoms with van der Waals surface area (Å²) in [5.74, 6) is 0.518. The van der Waals surface area contributed by atoms with Gasteiger partial charge in [0.15, 0.2) is 0 Å². The van der Waals surface area contributed by atoms with Crippen molar-refractivity contribution in [1.29, 1.82) is 0 Å². The fraction of sp³-hybridized carbons (Fsp3) is 0.421. The van der Waals surface area contributed by atoms with E-state index in [2.05, 4.69) is 30.6 Å². The van der Waals surface area contributed by atoms with Crippen LogP contribution in [0.1, 0.15) is 77.1 Å². The molecule has 14 nitrogen and oxygen atoms in total. The Morgan fingerprint density at radius 1 is 0.635 bits per heavy atom. The van der Waals surface area contributed by atoms with Gasteiger partial charge in [-0.3, -0.25) is 9.59 Å². The van der Waals surface area contributed by atoms with Crippen molar-refractivity contribution in [3.8, 4) is 33.6 Å². The average Bonchev–Trinajstić information content (AvgIpc) is 3.95. The van der Waals surface area contributed by atoms with Crippen molar-refractivity contribution in [2.75, 3.05) is 13.1 Å². The molecule has 2 aromatic heterocycles. The smallest absolute Gasteiger partial charge is 0.405 e. The maximum atomic E-state index is 13.3. The summed E-state index contributed by atoms with van der Waals surface area (Å²) in [4.78, 5) is 68.8. The number of benzene rings is 2. The molecule has 4 atom stereocenters. The number of amides is 4. The third kappa shape index (κ3) is 7.65. The van der Waals surface area contributed by atoms with E-state index < -0.39 is 24.3 Å². The predicted octanol–water partition coefficient (Wildman–Crippen LogP) is 6.05. The van der Waals surface area contributed by atoms with Gasteiger partial charge in [-0.15, -0.1) is 0 Å². The molecule has 2 fully saturated rings. The summed E-state index contributed by atoms with van der Waals surface area (Å²) in [6, 6.07) is 14.1. The predicted molar refractivity (Wildman–Crippen MR) is 194 cm³/mol. The molecule has 0 aliphatic carbocycles. The van der Waals surface area contributed by atoms with E-state index in [9.17, 15) is 29.4 Å². The molecule has 4 amide bonds. The van der Waals surface area contributed by atoms with Crippen LogP contribution in [0, 0.1) is 11.8 Å². The number of nitrogens with one attached hydrogen (secondary N) is 4. The van der Waals surface area contributed by atoms with Crippen LogP contribution in [0.25, 0.3) is 33.6 Å². The van der Waals surface area contributed by atoms with Crippen LogP contribution in [0.2, 0.25) is 0 Å². The average molecular weight is 711 g/mol. The van der Waals surface area contributed by atoms with Gasteiger partial charge in [0.05, 0.1) is 35.9 Å². The summed E-state index contributed by atoms with van der Waals surface area (Å²) in [7, 11) is 0. The van der Waals surface area contributed by atoms with Crippen LogP contribution < -0.4 is 10.6 Å². The number of rotatable bonds is 11. The third-order valence-corrected chi connectivity index (χ3v) is 10.0. The molecule has 2 unspecified atom stereocenters. The zero-order valence-corrected chi connectivity index (χ0v) is 29.8. The number of hydrogen-bond donors (Lipinski definition) is 6. The van der Waals surface area contributed by atoms with Gasteiger partial charge in [0.2, 0.25) is 11.8 Å². The van der Waals surface area contributed by atoms with Gasteiger partial charge >= 0.3 is 12.2 Å². The molecule has 4 heterocycles. The lowest BCUT2D eigenvalue weighted by molar-refractivity contribution is -0.136. The van der Waals surface area contributed by atoms with Crippen LogP contribution in [-0.2, 0) is 9.59 Å². The lowest BCUT2D eigenvalue weighted by Crippen LogP contribution is -2.50. The number of carbonyl (C=O) groups is 4. The molecule has 0 radical (unpaired) electrons. The van der Waals surface area contributed by atoms with Crippen LogP contribution in [0.15, 0.2) is 60.9 Å². The normalized spacial score (nSPS) is 18.5. The van der Waals surface area contributed by atoms with Crippen molar-refractivity contribution < 1.29 is 29.4 Å². The van der Waals surface area contributed by atoms with Gasteiger partial charge in [-0.1, -0.05) is 76.2 Å². The van der Waals surface area contributed by atoms with Gasteiger partial charge in [0.25, 0.3) is 0 Å². The molecule has 6 rings (SSSR count). The van der Waals surface area contributed by atoms with Crippen LogP contribution in [0.5, 0.6) is 0 Å². The first-order valence-corrected chi connectivity index (χ1v) is 17.8. The number of hydrogen-bond acceptors (Lipinski definition) is 6. The highest BCUT2D eigenvalue weighted by atomic mass is 16.4. The number of carboxylic acid groups (broad SMARTS) is 2. The lowest BCUT2D eigenvalue weighted by atomic mass is 10.0. The second-order valence-corrected chi connectivity index (χ2v) is 14.2. The summed E-state index contributed by atoms with van der Waals surface area (Å²) in [5.41, 5.74) is 5.63. The molecule has 2 aromatic carbocycles. The van der Waals surface area contributed by atoms with Crippen LogP contribution in [0.3, 0.4) is 0 Å². The Labute approximate surface area is 302 Å². The van der Waals surface area contributed by atoms with Gasteiger partial charge in [0.1, 0.15) is 23.7 Å². The van der Waals surface area contributed by atoms with Gasteiger partial charge in [-0.2, -0.15) is 0 Å². The minimum absolute atomic E-state index is 0.188. The van der Waals surface area contributed by atoms with E-state index in [4.69, 9.17) is 0 Å². The first-order valence-electron chi connectivity index (χ1n) is 17.8. The van der Waals surface area contributed by atoms with E-state index in [1.807, 2.05) is 76.2 Å². The maximum Gasteiger partial charge on any atom is 0.405 e. The summed E-state index contributed by atoms with van der Waals surface area (Å²) in [5, 5.41) is 23.3. The van der Waals surface area contributed by atoms with E-state index in [1.54, 1.807) is 22.2 Å². The molecule has 14 heteroatoms. The SMILES string of the molecule is CC(C)C(NC(=O)O)C(=O)N1CCC[C@H]1c1ncc(-c2ccc(-c3ccc(-c4cnc([C@@H]5CCCN5C(=O)C(NC(=O)O)C(C)C)[nH]4)cc3)cc2)[nH]1. The Morgan fingerprint density at radius 2 is 0.981 bits per heavy atom. The van der Waals surface area contributed by atoms with Gasteiger partial charge < -0.3 is 40.6 Å². The molecule has 0 spiro atoms. The third-order valence-electron chi connectivity index (χ3n) is 10.0. The van der Waals surface area contributed by atoms with Gasteiger partial charge in [0, 0.05) is 13.1 Å². The standard InChI is InChI=1S/C38H46N8O6/c1-21(2)31(43-37(49)50)35(47)45-17-5-7-29(45)33-39-19-27(41-33)25-13-9-23(10-14-25)24-11-15-26(16-12-24)28-20-40-34(42-28)30-8-6-18-46(30)36(48)32(22(3)4)44-38(51)52/h9-16,19-22,29-32,43-44H,5-8,17-18H2,1-4H3,(H,39,41)(H,40,42)(H,49,50)(H,51,52)/t29-,30-,31?,32?/m0/s1. The Bertz CT molecular complexity index is 1760. The summed E-state index contributed by atoms with van der Waals surface area (Å²) in [6.07, 6.45) is 4.22. The highest BCUT2D eigenvalue weighted by Crippen LogP contribution is 2.35. The minimum Gasteiger partial charge on any atom is -0.465 e. The van der Waals surface area contributed by atoms with E-state index in [1.165, 1.54) is 0 Å². The molecule has 2 aliphatic rings.